The van der Waals surface area contributed by atoms with Crippen LogP contribution in [0.2, 0.25) is 0 Å². The SMILES string of the molecule is CCC(NC(=O)C1CC2CC2C1)C1CCCCC1. The summed E-state index contributed by atoms with van der Waals surface area (Å²) in [5, 5.41) is 3.38. The highest BCUT2D eigenvalue weighted by Gasteiger charge is 2.48. The zero-order valence-electron chi connectivity index (χ0n) is 11.7. The Morgan fingerprint density at radius 3 is 2.39 bits per heavy atom. The molecule has 0 aromatic heterocycles. The van der Waals surface area contributed by atoms with Crippen LogP contribution in [-0.2, 0) is 4.79 Å². The Balaban J connectivity index is 1.50. The summed E-state index contributed by atoms with van der Waals surface area (Å²) in [6.45, 7) is 2.23. The van der Waals surface area contributed by atoms with Crippen LogP contribution in [0, 0.1) is 23.7 Å². The summed E-state index contributed by atoms with van der Waals surface area (Å²) in [4.78, 5) is 12.3. The van der Waals surface area contributed by atoms with Crippen molar-refractivity contribution in [1.82, 2.24) is 5.32 Å². The molecular formula is C16H27NO. The van der Waals surface area contributed by atoms with E-state index in [9.17, 15) is 4.79 Å². The van der Waals surface area contributed by atoms with Gasteiger partial charge in [-0.05, 0) is 56.3 Å². The first-order valence-corrected chi connectivity index (χ1v) is 8.08. The van der Waals surface area contributed by atoms with Crippen molar-refractivity contribution in [3.63, 3.8) is 0 Å². The molecule has 2 heteroatoms. The van der Waals surface area contributed by atoms with Crippen molar-refractivity contribution in [2.75, 3.05) is 0 Å². The van der Waals surface area contributed by atoms with E-state index >= 15 is 0 Å². The Morgan fingerprint density at radius 2 is 1.78 bits per heavy atom. The molecule has 3 rings (SSSR count). The van der Waals surface area contributed by atoms with Crippen LogP contribution >= 0.6 is 0 Å². The summed E-state index contributed by atoms with van der Waals surface area (Å²) in [6, 6.07) is 0.453. The molecule has 0 aliphatic heterocycles. The third-order valence-corrected chi connectivity index (χ3v) is 5.60. The lowest BCUT2D eigenvalue weighted by Crippen LogP contribution is -2.43. The highest BCUT2D eigenvalue weighted by atomic mass is 16.1. The van der Waals surface area contributed by atoms with Crippen LogP contribution in [0.25, 0.3) is 0 Å². The Hall–Kier alpha value is -0.530. The van der Waals surface area contributed by atoms with Crippen LogP contribution in [0.1, 0.15) is 64.7 Å². The predicted octanol–water partition coefficient (Wildman–Crippen LogP) is 3.51. The monoisotopic (exact) mass is 249 g/mol. The Morgan fingerprint density at radius 1 is 1.11 bits per heavy atom. The van der Waals surface area contributed by atoms with Gasteiger partial charge in [0.05, 0.1) is 0 Å². The number of hydrogen-bond donors (Lipinski definition) is 1. The molecule has 0 aromatic rings. The highest BCUT2D eigenvalue weighted by molar-refractivity contribution is 5.79. The van der Waals surface area contributed by atoms with E-state index in [0.717, 1.165) is 24.2 Å². The third-order valence-electron chi connectivity index (χ3n) is 5.60. The molecule has 0 heterocycles. The second-order valence-electron chi connectivity index (χ2n) is 6.85. The number of fused-ring (bicyclic) bond motifs is 1. The molecule has 0 saturated heterocycles. The number of amides is 1. The maximum atomic E-state index is 12.3. The van der Waals surface area contributed by atoms with Crippen LogP contribution < -0.4 is 5.32 Å². The Labute approximate surface area is 111 Å². The average molecular weight is 249 g/mol. The van der Waals surface area contributed by atoms with Gasteiger partial charge in [0.2, 0.25) is 5.91 Å². The normalized spacial score (nSPS) is 37.1. The molecule has 0 aromatic carbocycles. The molecule has 0 radical (unpaired) electrons. The van der Waals surface area contributed by atoms with Gasteiger partial charge in [0, 0.05) is 12.0 Å². The van der Waals surface area contributed by atoms with Crippen molar-refractivity contribution >= 4 is 5.91 Å². The van der Waals surface area contributed by atoms with Gasteiger partial charge in [-0.2, -0.15) is 0 Å². The summed E-state index contributed by atoms with van der Waals surface area (Å²) < 4.78 is 0. The van der Waals surface area contributed by atoms with Crippen LogP contribution in [0.15, 0.2) is 0 Å². The molecule has 2 nitrogen and oxygen atoms in total. The van der Waals surface area contributed by atoms with E-state index in [0.29, 0.717) is 17.9 Å². The lowest BCUT2D eigenvalue weighted by atomic mass is 9.82. The van der Waals surface area contributed by atoms with E-state index < -0.39 is 0 Å². The van der Waals surface area contributed by atoms with Gasteiger partial charge >= 0.3 is 0 Å². The molecule has 18 heavy (non-hydrogen) atoms. The van der Waals surface area contributed by atoms with Gasteiger partial charge in [0.25, 0.3) is 0 Å². The summed E-state index contributed by atoms with van der Waals surface area (Å²) in [5.74, 6) is 3.31. The van der Waals surface area contributed by atoms with E-state index in [-0.39, 0.29) is 0 Å². The average Bonchev–Trinajstić information content (AvgIpc) is 3.03. The first-order chi connectivity index (χ1) is 8.78. The summed E-state index contributed by atoms with van der Waals surface area (Å²) in [6.07, 6.45) is 11.7. The van der Waals surface area contributed by atoms with Gasteiger partial charge in [-0.25, -0.2) is 0 Å². The van der Waals surface area contributed by atoms with Crippen molar-refractivity contribution in [2.24, 2.45) is 23.7 Å². The fourth-order valence-corrected chi connectivity index (χ4v) is 4.32. The van der Waals surface area contributed by atoms with Crippen molar-refractivity contribution < 1.29 is 4.79 Å². The molecule has 3 saturated carbocycles. The molecule has 3 unspecified atom stereocenters. The number of rotatable bonds is 4. The van der Waals surface area contributed by atoms with Gasteiger partial charge in [0.15, 0.2) is 0 Å². The lowest BCUT2D eigenvalue weighted by Gasteiger charge is -2.31. The Bertz CT molecular complexity index is 298. The number of carbonyl (C=O) groups is 1. The summed E-state index contributed by atoms with van der Waals surface area (Å²) >= 11 is 0. The van der Waals surface area contributed by atoms with Crippen LogP contribution in [-0.4, -0.2) is 11.9 Å². The van der Waals surface area contributed by atoms with Gasteiger partial charge in [0.1, 0.15) is 0 Å². The standard InChI is InChI=1S/C16H27NO/c1-2-15(11-6-4-3-5-7-11)17-16(18)14-9-12-8-13(12)10-14/h11-15H,2-10H2,1H3,(H,17,18). The topological polar surface area (TPSA) is 29.1 Å². The van der Waals surface area contributed by atoms with Crippen LogP contribution in [0.3, 0.4) is 0 Å². The molecule has 1 amide bonds. The molecule has 3 aliphatic rings. The fourth-order valence-electron chi connectivity index (χ4n) is 4.32. The van der Waals surface area contributed by atoms with Gasteiger partial charge in [-0.3, -0.25) is 4.79 Å². The number of carbonyl (C=O) groups excluding carboxylic acids is 1. The molecule has 102 valence electrons. The maximum absolute atomic E-state index is 12.3. The van der Waals surface area contributed by atoms with E-state index in [1.54, 1.807) is 0 Å². The van der Waals surface area contributed by atoms with E-state index in [1.807, 2.05) is 0 Å². The predicted molar refractivity (Wildman–Crippen MR) is 73.1 cm³/mol. The minimum absolute atomic E-state index is 0.353. The second-order valence-corrected chi connectivity index (χ2v) is 6.85. The molecule has 3 aliphatic carbocycles. The van der Waals surface area contributed by atoms with Crippen molar-refractivity contribution in [2.45, 2.75) is 70.8 Å². The zero-order valence-corrected chi connectivity index (χ0v) is 11.7. The quantitative estimate of drug-likeness (QED) is 0.811. The molecule has 3 fully saturated rings. The lowest BCUT2D eigenvalue weighted by molar-refractivity contribution is -0.126. The minimum atomic E-state index is 0.353. The first-order valence-electron chi connectivity index (χ1n) is 8.08. The summed E-state index contributed by atoms with van der Waals surface area (Å²) in [5.41, 5.74) is 0. The highest BCUT2D eigenvalue weighted by Crippen LogP contribution is 2.54. The zero-order chi connectivity index (χ0) is 12.5. The molecule has 0 bridgehead atoms. The van der Waals surface area contributed by atoms with Crippen molar-refractivity contribution in [1.29, 1.82) is 0 Å². The van der Waals surface area contributed by atoms with Crippen LogP contribution in [0.5, 0.6) is 0 Å². The first kappa shape index (κ1) is 12.5. The number of hydrogen-bond acceptors (Lipinski definition) is 1. The van der Waals surface area contributed by atoms with Gasteiger partial charge < -0.3 is 5.32 Å². The Kier molecular flexibility index (Phi) is 3.63. The van der Waals surface area contributed by atoms with E-state index in [2.05, 4.69) is 12.2 Å². The van der Waals surface area contributed by atoms with Gasteiger partial charge in [-0.15, -0.1) is 0 Å². The molecule has 3 atom stereocenters. The smallest absolute Gasteiger partial charge is 0.223 e. The molecule has 0 spiro atoms. The molecular weight excluding hydrogens is 222 g/mol. The van der Waals surface area contributed by atoms with Crippen molar-refractivity contribution in [3.05, 3.63) is 0 Å². The van der Waals surface area contributed by atoms with E-state index in [1.165, 1.54) is 51.4 Å². The maximum Gasteiger partial charge on any atom is 0.223 e. The second kappa shape index (κ2) is 5.22. The van der Waals surface area contributed by atoms with Crippen molar-refractivity contribution in [3.8, 4) is 0 Å². The fraction of sp³-hybridized carbons (Fsp3) is 0.938. The minimum Gasteiger partial charge on any atom is -0.353 e. The van der Waals surface area contributed by atoms with Gasteiger partial charge in [-0.1, -0.05) is 26.2 Å². The number of nitrogens with one attached hydrogen (secondary N) is 1. The van der Waals surface area contributed by atoms with E-state index in [4.69, 9.17) is 0 Å². The summed E-state index contributed by atoms with van der Waals surface area (Å²) in [7, 11) is 0. The van der Waals surface area contributed by atoms with Crippen LogP contribution in [0.4, 0.5) is 0 Å². The molecule has 1 N–H and O–H groups in total. The largest absolute Gasteiger partial charge is 0.353 e. The third kappa shape index (κ3) is 2.57.